The monoisotopic (exact) mass is 710 g/mol. The zero-order valence-corrected chi connectivity index (χ0v) is 24.9. The van der Waals surface area contributed by atoms with Crippen LogP contribution >= 0.6 is 0 Å². The van der Waals surface area contributed by atoms with Gasteiger partial charge in [-0.05, 0) is 32.0 Å². The van der Waals surface area contributed by atoms with E-state index in [-0.39, 0.29) is 79.9 Å². The summed E-state index contributed by atoms with van der Waals surface area (Å²) in [5.74, 6) is 1.50. The fourth-order valence-corrected chi connectivity index (χ4v) is 5.65. The molecule has 181 valence electrons. The molecule has 4 amide bonds. The Labute approximate surface area is 241 Å². The van der Waals surface area contributed by atoms with E-state index in [1.54, 1.807) is 12.0 Å². The van der Waals surface area contributed by atoms with Gasteiger partial charge in [-0.3, -0.25) is 29.4 Å². The van der Waals surface area contributed by atoms with Gasteiger partial charge in [0.2, 0.25) is 18.2 Å². The van der Waals surface area contributed by atoms with E-state index < -0.39 is 17.9 Å². The second-order valence-electron chi connectivity index (χ2n) is 9.76. The van der Waals surface area contributed by atoms with Gasteiger partial charge in [0.25, 0.3) is 5.91 Å². The van der Waals surface area contributed by atoms with Crippen molar-refractivity contribution in [3.8, 4) is 0 Å². The number of amides is 4. The van der Waals surface area contributed by atoms with E-state index in [0.717, 1.165) is 29.1 Å². The Morgan fingerprint density at radius 2 is 1.94 bits per heavy atom. The van der Waals surface area contributed by atoms with Gasteiger partial charge in [0.15, 0.2) is 0 Å². The maximum Gasteiger partial charge on any atom is 0.259 e. The first-order valence-corrected chi connectivity index (χ1v) is 10.9. The molecule has 0 bridgehead atoms. The average molecular weight is 710 g/mol. The Kier molecular flexibility index (Phi) is 8.84. The molecule has 1 aromatic carbocycles. The van der Waals surface area contributed by atoms with Gasteiger partial charge in [0.05, 0.1) is 0 Å². The topological polar surface area (TPSA) is 86.8 Å². The Morgan fingerprint density at radius 3 is 2.44 bits per heavy atom. The first kappa shape index (κ1) is 29.4. The van der Waals surface area contributed by atoms with Crippen LogP contribution in [0, 0.1) is 24.2 Å². The molecule has 34 heavy (non-hydrogen) atoms. The van der Waals surface area contributed by atoms with Crippen LogP contribution in [-0.4, -0.2) is 58.6 Å². The van der Waals surface area contributed by atoms with Gasteiger partial charge < -0.3 is 10.8 Å². The average Bonchev–Trinajstić information content (AvgIpc) is 3.50. The summed E-state index contributed by atoms with van der Waals surface area (Å²) in [5, 5.41) is 2.20. The van der Waals surface area contributed by atoms with E-state index in [9.17, 15) is 19.2 Å². The van der Waals surface area contributed by atoms with Crippen LogP contribution in [0.15, 0.2) is 18.2 Å². The molecule has 1 radical (unpaired) electrons. The fraction of sp³-hybridized carbons (Fsp3) is 0.520. The van der Waals surface area contributed by atoms with Crippen molar-refractivity contribution >= 4 is 24.1 Å². The van der Waals surface area contributed by atoms with Crippen LogP contribution in [-0.2, 0) is 68.2 Å². The van der Waals surface area contributed by atoms with Gasteiger partial charge in [0.1, 0.15) is 6.04 Å². The molecule has 2 aliphatic carbocycles. The van der Waals surface area contributed by atoms with Crippen LogP contribution < -0.4 is 5.32 Å². The predicted octanol–water partition coefficient (Wildman–Crippen LogP) is 2.42. The molecule has 2 saturated carbocycles. The van der Waals surface area contributed by atoms with E-state index in [0.29, 0.717) is 22.9 Å². The molecule has 2 heterocycles. The predicted molar refractivity (Wildman–Crippen MR) is 119 cm³/mol. The number of hydrogen-bond donors (Lipinski definition) is 1. The molecular formula is C25H31N3O4WY-2. The number of carbonyl (C=O) groups excluding carboxylic acids is 4. The number of hydrogen-bond acceptors (Lipinski definition) is 5. The normalized spacial score (nSPS) is 29.6. The third-order valence-electron chi connectivity index (χ3n) is 8.03. The first-order chi connectivity index (χ1) is 14.7. The summed E-state index contributed by atoms with van der Waals surface area (Å²) in [4.78, 5) is 51.6. The molecule has 2 aliphatic heterocycles. The van der Waals surface area contributed by atoms with Gasteiger partial charge >= 0.3 is 0 Å². The van der Waals surface area contributed by atoms with Crippen LogP contribution in [0.3, 0.4) is 0 Å². The van der Waals surface area contributed by atoms with Crippen molar-refractivity contribution in [2.75, 3.05) is 13.1 Å². The molecule has 4 aliphatic rings. The Hall–Kier alpha value is -0.878. The van der Waals surface area contributed by atoms with Gasteiger partial charge in [-0.25, -0.2) is 0 Å². The second-order valence-corrected chi connectivity index (χ2v) is 9.76. The number of aryl methyl sites for hydroxylation is 1. The number of benzene rings is 1. The summed E-state index contributed by atoms with van der Waals surface area (Å²) >= 11 is 0. The summed E-state index contributed by atoms with van der Waals surface area (Å²) in [6.07, 6.45) is 3.19. The summed E-state index contributed by atoms with van der Waals surface area (Å²) < 4.78 is 0. The number of carbonyl (C=O) groups is 4. The first-order valence-electron chi connectivity index (χ1n) is 10.9. The van der Waals surface area contributed by atoms with Crippen molar-refractivity contribution in [2.24, 2.45) is 5.41 Å². The van der Waals surface area contributed by atoms with Crippen LogP contribution in [0.1, 0.15) is 68.4 Å². The maximum absolute atomic E-state index is 13.0. The molecule has 1 aromatic rings. The van der Waals surface area contributed by atoms with Gasteiger partial charge in [-0.1, -0.05) is 26.3 Å². The molecule has 7 nitrogen and oxygen atoms in total. The van der Waals surface area contributed by atoms with Crippen molar-refractivity contribution in [1.29, 1.82) is 0 Å². The quantitative estimate of drug-likeness (QED) is 0.289. The Morgan fingerprint density at radius 1 is 1.29 bits per heavy atom. The van der Waals surface area contributed by atoms with Crippen LogP contribution in [0.5, 0.6) is 0 Å². The molecule has 0 aromatic heterocycles. The molecule has 5 rings (SSSR count). The summed E-state index contributed by atoms with van der Waals surface area (Å²) in [7, 11) is 0. The van der Waals surface area contributed by atoms with Crippen LogP contribution in [0.2, 0.25) is 0 Å². The van der Waals surface area contributed by atoms with Crippen molar-refractivity contribution < 1.29 is 73.0 Å². The standard InChI is InChI=1S/C24H27N3O4.CH4.W.Y/c1-14-8-16(17-10-26(11-17)23(3)12-24(23)9-15(24)2)4-5-18(14)22(31)27(13-28)19-6-7-20(29)25-21(19)30;;;/h4-5,8,13,19H,6-7,9-12H2,1-3H3,(H,25,29,30);1H4;;/q-2;;;. The fourth-order valence-electron chi connectivity index (χ4n) is 5.65. The Balaban J connectivity index is 0.00000136. The Bertz CT molecular complexity index is 1010. The van der Waals surface area contributed by atoms with Crippen molar-refractivity contribution in [1.82, 2.24) is 15.1 Å². The second kappa shape index (κ2) is 10.2. The minimum atomic E-state index is -0.953. The molecular weight excluding hydrogens is 679 g/mol. The van der Waals surface area contributed by atoms with E-state index >= 15 is 0 Å². The van der Waals surface area contributed by atoms with Crippen molar-refractivity contribution in [3.05, 3.63) is 46.7 Å². The molecule has 1 N–H and O–H groups in total. The van der Waals surface area contributed by atoms with E-state index in [1.807, 2.05) is 19.1 Å². The number of likely N-dealkylation sites (tertiary alicyclic amines) is 1. The third-order valence-corrected chi connectivity index (χ3v) is 8.03. The van der Waals surface area contributed by atoms with Gasteiger partial charge in [0, 0.05) is 65.8 Å². The zero-order chi connectivity index (χ0) is 22.1. The number of imide groups is 2. The van der Waals surface area contributed by atoms with Crippen molar-refractivity contribution in [3.63, 3.8) is 0 Å². The molecule has 3 unspecified atom stereocenters. The molecule has 3 atom stereocenters. The smallest absolute Gasteiger partial charge is 0.259 e. The number of rotatable bonds is 5. The van der Waals surface area contributed by atoms with E-state index in [4.69, 9.17) is 0 Å². The number of piperidine rings is 1. The van der Waals surface area contributed by atoms with Crippen LogP contribution in [0.25, 0.3) is 0 Å². The SMILES string of the molecule is C.Cc1cc([C-]2CN(C3(C)CC34C[C-]4C)C2)ccc1C(=O)N(C=O)C1CCC(=O)NC1=O.[W].[Y]. The minimum Gasteiger partial charge on any atom is -0.315 e. The molecule has 2 saturated heterocycles. The van der Waals surface area contributed by atoms with Crippen LogP contribution in [0.4, 0.5) is 0 Å². The largest absolute Gasteiger partial charge is 0.315 e. The minimum absolute atomic E-state index is 0. The third kappa shape index (κ3) is 4.51. The number of nitrogens with one attached hydrogen (secondary N) is 1. The summed E-state index contributed by atoms with van der Waals surface area (Å²) in [6.45, 7) is 8.40. The summed E-state index contributed by atoms with van der Waals surface area (Å²) in [5.41, 5.74) is 3.09. The zero-order valence-electron chi connectivity index (χ0n) is 19.1. The number of nitrogens with zero attached hydrogens (tertiary/aromatic N) is 2. The van der Waals surface area contributed by atoms with E-state index in [1.165, 1.54) is 18.8 Å². The van der Waals surface area contributed by atoms with Gasteiger partial charge in [-0.2, -0.15) is 36.5 Å². The van der Waals surface area contributed by atoms with Crippen molar-refractivity contribution in [2.45, 2.75) is 65.5 Å². The van der Waals surface area contributed by atoms with Gasteiger partial charge in [-0.15, -0.1) is 12.0 Å². The maximum atomic E-state index is 13.0. The summed E-state index contributed by atoms with van der Waals surface area (Å²) in [6, 6.07) is 4.71. The molecule has 4 fully saturated rings. The molecule has 9 heteroatoms. The van der Waals surface area contributed by atoms with E-state index in [2.05, 4.69) is 24.1 Å². The molecule has 1 spiro atoms.